The molecule has 0 amide bonds. The van der Waals surface area contributed by atoms with Crippen molar-refractivity contribution in [1.29, 1.82) is 0 Å². The summed E-state index contributed by atoms with van der Waals surface area (Å²) >= 11 is 0. The van der Waals surface area contributed by atoms with Gasteiger partial charge in [-0.15, -0.1) is 0 Å². The van der Waals surface area contributed by atoms with Crippen LogP contribution in [0.5, 0.6) is 0 Å². The summed E-state index contributed by atoms with van der Waals surface area (Å²) in [6.45, 7) is 13.7. The predicted molar refractivity (Wildman–Crippen MR) is 127 cm³/mol. The van der Waals surface area contributed by atoms with Gasteiger partial charge in [0.1, 0.15) is 0 Å². The Bertz CT molecular complexity index is 842. The van der Waals surface area contributed by atoms with Crippen LogP contribution >= 0.6 is 0 Å². The molecule has 0 radical (unpaired) electrons. The van der Waals surface area contributed by atoms with Crippen molar-refractivity contribution in [2.24, 2.45) is 4.99 Å². The maximum atomic E-state index is 5.30. The zero-order chi connectivity index (χ0) is 22.4. The number of aromatic nitrogens is 2. The number of aliphatic imine (C=N–C) groups is 1. The highest BCUT2D eigenvalue weighted by Crippen LogP contribution is 2.26. The van der Waals surface area contributed by atoms with Gasteiger partial charge in [-0.1, -0.05) is 51.9 Å². The average Bonchev–Trinajstić information content (AvgIpc) is 3.22. The molecule has 1 saturated heterocycles. The molecule has 1 aromatic carbocycles. The van der Waals surface area contributed by atoms with E-state index in [1.165, 1.54) is 11.3 Å². The highest BCUT2D eigenvalue weighted by atomic mass is 16.5. The van der Waals surface area contributed by atoms with E-state index in [1.807, 2.05) is 7.05 Å². The highest BCUT2D eigenvalue weighted by molar-refractivity contribution is 5.80. The number of anilines is 1. The molecular weight excluding hydrogens is 388 g/mol. The standard InChI is InChI=1S/C24H38N6O/c1-17(2)22-28-21(31-29-22)11-14-26-23(25-6)27-19-12-15-30(16-13-19)20-9-7-18(8-10-20)24(3,4)5/h7-10,17,19H,11-16H2,1-6H3,(H2,25,26,27). The molecule has 2 heterocycles. The molecule has 2 aromatic rings. The molecule has 0 saturated carbocycles. The van der Waals surface area contributed by atoms with Crippen LogP contribution in [0.25, 0.3) is 0 Å². The molecule has 0 atom stereocenters. The van der Waals surface area contributed by atoms with Crippen LogP contribution in [0.15, 0.2) is 33.8 Å². The first-order valence-corrected chi connectivity index (χ1v) is 11.4. The van der Waals surface area contributed by atoms with Crippen molar-refractivity contribution in [2.75, 3.05) is 31.6 Å². The molecule has 31 heavy (non-hydrogen) atoms. The fraction of sp³-hybridized carbons (Fsp3) is 0.625. The maximum absolute atomic E-state index is 5.30. The number of benzene rings is 1. The summed E-state index contributed by atoms with van der Waals surface area (Å²) in [7, 11) is 1.81. The number of guanidine groups is 1. The lowest BCUT2D eigenvalue weighted by Crippen LogP contribution is -2.49. The molecule has 0 bridgehead atoms. The first-order valence-electron chi connectivity index (χ1n) is 11.4. The fourth-order valence-corrected chi connectivity index (χ4v) is 3.73. The number of nitrogens with zero attached hydrogens (tertiary/aromatic N) is 4. The molecule has 1 fully saturated rings. The van der Waals surface area contributed by atoms with Gasteiger partial charge in [-0.05, 0) is 36.0 Å². The summed E-state index contributed by atoms with van der Waals surface area (Å²) in [6, 6.07) is 9.47. The van der Waals surface area contributed by atoms with Gasteiger partial charge in [-0.25, -0.2) is 0 Å². The number of piperidine rings is 1. The predicted octanol–water partition coefficient (Wildman–Crippen LogP) is 3.87. The van der Waals surface area contributed by atoms with Crippen LogP contribution in [-0.2, 0) is 11.8 Å². The first kappa shape index (κ1) is 23.1. The van der Waals surface area contributed by atoms with E-state index in [0.717, 1.165) is 37.7 Å². The van der Waals surface area contributed by atoms with Crippen LogP contribution in [0.1, 0.15) is 70.7 Å². The number of hydrogen-bond acceptors (Lipinski definition) is 5. The summed E-state index contributed by atoms with van der Waals surface area (Å²) < 4.78 is 5.30. The number of nitrogens with one attached hydrogen (secondary N) is 2. The van der Waals surface area contributed by atoms with E-state index < -0.39 is 0 Å². The monoisotopic (exact) mass is 426 g/mol. The van der Waals surface area contributed by atoms with Gasteiger partial charge in [-0.2, -0.15) is 4.98 Å². The largest absolute Gasteiger partial charge is 0.371 e. The zero-order valence-electron chi connectivity index (χ0n) is 19.9. The van der Waals surface area contributed by atoms with Crippen LogP contribution in [0.3, 0.4) is 0 Å². The minimum atomic E-state index is 0.193. The molecule has 1 aliphatic heterocycles. The topological polar surface area (TPSA) is 78.6 Å². The quantitative estimate of drug-likeness (QED) is 0.539. The normalized spacial score (nSPS) is 16.1. The Hall–Kier alpha value is -2.57. The molecule has 170 valence electrons. The summed E-state index contributed by atoms with van der Waals surface area (Å²) in [4.78, 5) is 11.3. The van der Waals surface area contributed by atoms with Gasteiger partial charge < -0.3 is 20.1 Å². The smallest absolute Gasteiger partial charge is 0.228 e. The highest BCUT2D eigenvalue weighted by Gasteiger charge is 2.21. The van der Waals surface area contributed by atoms with Crippen molar-refractivity contribution < 1.29 is 4.52 Å². The Morgan fingerprint density at radius 1 is 1.19 bits per heavy atom. The lowest BCUT2D eigenvalue weighted by molar-refractivity contribution is 0.371. The van der Waals surface area contributed by atoms with Crippen molar-refractivity contribution in [3.05, 3.63) is 41.5 Å². The Balaban J connectivity index is 1.42. The van der Waals surface area contributed by atoms with E-state index >= 15 is 0 Å². The third-order valence-corrected chi connectivity index (χ3v) is 5.79. The van der Waals surface area contributed by atoms with E-state index in [2.05, 4.69) is 89.6 Å². The second kappa shape index (κ2) is 10.2. The van der Waals surface area contributed by atoms with E-state index in [-0.39, 0.29) is 11.3 Å². The molecule has 7 nitrogen and oxygen atoms in total. The Morgan fingerprint density at radius 3 is 2.42 bits per heavy atom. The van der Waals surface area contributed by atoms with Crippen LogP contribution in [0.2, 0.25) is 0 Å². The Labute approximate surface area is 186 Å². The lowest BCUT2D eigenvalue weighted by atomic mass is 9.87. The van der Waals surface area contributed by atoms with Crippen molar-refractivity contribution in [1.82, 2.24) is 20.8 Å². The first-order chi connectivity index (χ1) is 14.8. The van der Waals surface area contributed by atoms with E-state index in [9.17, 15) is 0 Å². The van der Waals surface area contributed by atoms with Gasteiger partial charge in [0, 0.05) is 50.7 Å². The number of hydrogen-bond donors (Lipinski definition) is 2. The summed E-state index contributed by atoms with van der Waals surface area (Å²) in [5.74, 6) is 2.54. The molecule has 0 spiro atoms. The van der Waals surface area contributed by atoms with Gasteiger partial charge >= 0.3 is 0 Å². The van der Waals surface area contributed by atoms with Crippen LogP contribution in [0, 0.1) is 0 Å². The summed E-state index contributed by atoms with van der Waals surface area (Å²) in [5, 5.41) is 10.9. The third kappa shape index (κ3) is 6.45. The van der Waals surface area contributed by atoms with E-state index in [4.69, 9.17) is 4.52 Å². The minimum absolute atomic E-state index is 0.193. The van der Waals surface area contributed by atoms with Crippen molar-refractivity contribution in [3.8, 4) is 0 Å². The Morgan fingerprint density at radius 2 is 1.87 bits per heavy atom. The molecule has 1 aromatic heterocycles. The van der Waals surface area contributed by atoms with Gasteiger partial charge in [0.2, 0.25) is 5.89 Å². The van der Waals surface area contributed by atoms with E-state index in [1.54, 1.807) is 0 Å². The van der Waals surface area contributed by atoms with Crippen LogP contribution < -0.4 is 15.5 Å². The lowest BCUT2D eigenvalue weighted by Gasteiger charge is -2.35. The van der Waals surface area contributed by atoms with Crippen molar-refractivity contribution in [2.45, 2.75) is 71.3 Å². The van der Waals surface area contributed by atoms with Gasteiger partial charge in [0.15, 0.2) is 11.8 Å². The van der Waals surface area contributed by atoms with Crippen molar-refractivity contribution in [3.63, 3.8) is 0 Å². The van der Waals surface area contributed by atoms with E-state index in [0.29, 0.717) is 24.9 Å². The van der Waals surface area contributed by atoms with Crippen LogP contribution in [0.4, 0.5) is 5.69 Å². The minimum Gasteiger partial charge on any atom is -0.371 e. The second-order valence-electron chi connectivity index (χ2n) is 9.65. The number of rotatable bonds is 6. The molecule has 0 unspecified atom stereocenters. The maximum Gasteiger partial charge on any atom is 0.228 e. The van der Waals surface area contributed by atoms with Gasteiger partial charge in [-0.3, -0.25) is 4.99 Å². The average molecular weight is 427 g/mol. The molecular formula is C24H38N6O. The van der Waals surface area contributed by atoms with Crippen molar-refractivity contribution >= 4 is 11.6 Å². The Kier molecular flexibility index (Phi) is 7.57. The fourth-order valence-electron chi connectivity index (χ4n) is 3.73. The zero-order valence-corrected chi connectivity index (χ0v) is 19.9. The molecule has 0 aliphatic carbocycles. The van der Waals surface area contributed by atoms with Gasteiger partial charge in [0.05, 0.1) is 0 Å². The molecule has 7 heteroatoms. The molecule has 3 rings (SSSR count). The summed E-state index contributed by atoms with van der Waals surface area (Å²) in [6.07, 6.45) is 2.86. The SMILES string of the molecule is CN=C(NCCc1nc(C(C)C)no1)NC1CCN(c2ccc(C(C)(C)C)cc2)CC1. The summed E-state index contributed by atoms with van der Waals surface area (Å²) in [5.41, 5.74) is 2.89. The molecule has 1 aliphatic rings. The van der Waals surface area contributed by atoms with Crippen LogP contribution in [-0.4, -0.2) is 48.8 Å². The third-order valence-electron chi connectivity index (χ3n) is 5.79. The molecule has 2 N–H and O–H groups in total. The second-order valence-corrected chi connectivity index (χ2v) is 9.65. The van der Waals surface area contributed by atoms with Gasteiger partial charge in [0.25, 0.3) is 0 Å².